The van der Waals surface area contributed by atoms with Crippen LogP contribution in [0.15, 0.2) is 11.6 Å². The van der Waals surface area contributed by atoms with E-state index in [4.69, 9.17) is 0 Å². The maximum atomic E-state index is 11.6. The molecule has 1 aliphatic heterocycles. The maximum Gasteiger partial charge on any atom is 0.246 e. The molecule has 80 valence electrons. The van der Waals surface area contributed by atoms with Crippen LogP contribution in [0.3, 0.4) is 0 Å². The summed E-state index contributed by atoms with van der Waals surface area (Å²) in [6, 6.07) is 0.316. The van der Waals surface area contributed by atoms with Crippen molar-refractivity contribution in [3.63, 3.8) is 0 Å². The van der Waals surface area contributed by atoms with E-state index in [0.717, 1.165) is 37.9 Å². The van der Waals surface area contributed by atoms with Gasteiger partial charge in [-0.25, -0.2) is 0 Å². The Kier molecular flexibility index (Phi) is 4.66. The Balaban J connectivity index is 2.35. The molecule has 0 aliphatic carbocycles. The van der Waals surface area contributed by atoms with Crippen molar-refractivity contribution in [1.29, 1.82) is 0 Å². The van der Waals surface area contributed by atoms with Gasteiger partial charge in [-0.15, -0.1) is 0 Å². The zero-order chi connectivity index (χ0) is 10.4. The average Bonchev–Trinajstić information content (AvgIpc) is 2.19. The fourth-order valence-electron chi connectivity index (χ4n) is 1.67. The van der Waals surface area contributed by atoms with Crippen molar-refractivity contribution >= 4 is 5.91 Å². The molecule has 1 fully saturated rings. The molecule has 1 aliphatic rings. The molecule has 1 rings (SSSR count). The third-order valence-electron chi connectivity index (χ3n) is 2.50. The van der Waals surface area contributed by atoms with E-state index in [1.807, 2.05) is 19.9 Å². The highest BCUT2D eigenvalue weighted by atomic mass is 16.1. The topological polar surface area (TPSA) is 41.1 Å². The molecule has 0 saturated carbocycles. The summed E-state index contributed by atoms with van der Waals surface area (Å²) in [4.78, 5) is 11.6. The normalized spacial score (nSPS) is 23.3. The molecule has 1 amide bonds. The zero-order valence-electron chi connectivity index (χ0n) is 9.10. The Hall–Kier alpha value is -0.830. The average molecular weight is 196 g/mol. The van der Waals surface area contributed by atoms with Crippen LogP contribution in [0, 0.1) is 0 Å². The van der Waals surface area contributed by atoms with Gasteiger partial charge in [0, 0.05) is 18.2 Å². The van der Waals surface area contributed by atoms with E-state index in [-0.39, 0.29) is 5.91 Å². The monoisotopic (exact) mass is 196 g/mol. The molecule has 0 aromatic rings. The lowest BCUT2D eigenvalue weighted by Crippen LogP contribution is -2.45. The van der Waals surface area contributed by atoms with Gasteiger partial charge in [0.25, 0.3) is 0 Å². The van der Waals surface area contributed by atoms with Crippen LogP contribution >= 0.6 is 0 Å². The van der Waals surface area contributed by atoms with Crippen LogP contribution in [0.2, 0.25) is 0 Å². The predicted octanol–water partition coefficient (Wildman–Crippen LogP) is 1.21. The Bertz CT molecular complexity index is 217. The number of allylic oxidation sites excluding steroid dienone is 1. The summed E-state index contributed by atoms with van der Waals surface area (Å²) < 4.78 is 0. The van der Waals surface area contributed by atoms with E-state index in [1.165, 1.54) is 0 Å². The number of carbonyl (C=O) groups is 1. The number of rotatable bonds is 3. The van der Waals surface area contributed by atoms with Crippen LogP contribution in [0.5, 0.6) is 0 Å². The molecule has 0 radical (unpaired) electrons. The molecule has 3 nitrogen and oxygen atoms in total. The van der Waals surface area contributed by atoms with Gasteiger partial charge >= 0.3 is 0 Å². The summed E-state index contributed by atoms with van der Waals surface area (Å²) in [6.07, 6.45) is 5.13. The Morgan fingerprint density at radius 1 is 1.64 bits per heavy atom. The third kappa shape index (κ3) is 3.50. The molecule has 1 heterocycles. The summed E-state index contributed by atoms with van der Waals surface area (Å²) >= 11 is 0. The highest BCUT2D eigenvalue weighted by molar-refractivity contribution is 5.92. The van der Waals surface area contributed by atoms with Crippen LogP contribution in [0.1, 0.15) is 33.1 Å². The molecule has 1 atom stereocenters. The lowest BCUT2D eigenvalue weighted by atomic mass is 10.1. The molecule has 2 N–H and O–H groups in total. The molecule has 0 spiro atoms. The number of nitrogens with one attached hydrogen (secondary N) is 2. The Morgan fingerprint density at radius 2 is 2.43 bits per heavy atom. The SMILES string of the molecule is CCC=C(C)C(=O)NC1CCCNC1. The van der Waals surface area contributed by atoms with Gasteiger partial charge in [0.05, 0.1) is 0 Å². The van der Waals surface area contributed by atoms with Crippen molar-refractivity contribution in [3.8, 4) is 0 Å². The van der Waals surface area contributed by atoms with Crippen LogP contribution in [-0.2, 0) is 4.79 Å². The van der Waals surface area contributed by atoms with Crippen LogP contribution in [-0.4, -0.2) is 25.0 Å². The zero-order valence-corrected chi connectivity index (χ0v) is 9.10. The maximum absolute atomic E-state index is 11.6. The van der Waals surface area contributed by atoms with E-state index < -0.39 is 0 Å². The third-order valence-corrected chi connectivity index (χ3v) is 2.50. The molecule has 14 heavy (non-hydrogen) atoms. The highest BCUT2D eigenvalue weighted by Crippen LogP contribution is 2.03. The summed E-state index contributed by atoms with van der Waals surface area (Å²) in [7, 11) is 0. The first-order valence-electron chi connectivity index (χ1n) is 5.42. The van der Waals surface area contributed by atoms with Crippen molar-refractivity contribution in [2.45, 2.75) is 39.2 Å². The summed E-state index contributed by atoms with van der Waals surface area (Å²) in [6.45, 7) is 5.90. The predicted molar refractivity (Wildman–Crippen MR) is 58.1 cm³/mol. The van der Waals surface area contributed by atoms with Crippen LogP contribution < -0.4 is 10.6 Å². The van der Waals surface area contributed by atoms with Crippen molar-refractivity contribution in [3.05, 3.63) is 11.6 Å². The largest absolute Gasteiger partial charge is 0.348 e. The van der Waals surface area contributed by atoms with E-state index in [2.05, 4.69) is 10.6 Å². The number of carbonyl (C=O) groups excluding carboxylic acids is 1. The number of hydrogen-bond acceptors (Lipinski definition) is 2. The number of amides is 1. The minimum absolute atomic E-state index is 0.0838. The lowest BCUT2D eigenvalue weighted by molar-refractivity contribution is -0.118. The van der Waals surface area contributed by atoms with Crippen molar-refractivity contribution in [1.82, 2.24) is 10.6 Å². The van der Waals surface area contributed by atoms with Gasteiger partial charge in [0.1, 0.15) is 0 Å². The van der Waals surface area contributed by atoms with Gasteiger partial charge in [-0.2, -0.15) is 0 Å². The van der Waals surface area contributed by atoms with Gasteiger partial charge in [-0.05, 0) is 32.7 Å². The smallest absolute Gasteiger partial charge is 0.246 e. The van der Waals surface area contributed by atoms with E-state index >= 15 is 0 Å². The standard InChI is InChI=1S/C11H20N2O/c1-3-5-9(2)11(14)13-10-6-4-7-12-8-10/h5,10,12H,3-4,6-8H2,1-2H3,(H,13,14). The second kappa shape index (κ2) is 5.81. The molecule has 0 aromatic heterocycles. The van der Waals surface area contributed by atoms with E-state index in [1.54, 1.807) is 0 Å². The fourth-order valence-corrected chi connectivity index (χ4v) is 1.67. The number of hydrogen-bond donors (Lipinski definition) is 2. The molecular formula is C11H20N2O. The highest BCUT2D eigenvalue weighted by Gasteiger charge is 2.15. The van der Waals surface area contributed by atoms with E-state index in [9.17, 15) is 4.79 Å². The van der Waals surface area contributed by atoms with Crippen molar-refractivity contribution in [2.24, 2.45) is 0 Å². The van der Waals surface area contributed by atoms with E-state index in [0.29, 0.717) is 6.04 Å². The summed E-state index contributed by atoms with van der Waals surface area (Å²) in [5.74, 6) is 0.0838. The van der Waals surface area contributed by atoms with Gasteiger partial charge in [-0.1, -0.05) is 13.0 Å². The minimum atomic E-state index is 0.0838. The molecule has 1 unspecified atom stereocenters. The minimum Gasteiger partial charge on any atom is -0.348 e. The summed E-state index contributed by atoms with van der Waals surface area (Å²) in [5.41, 5.74) is 0.832. The van der Waals surface area contributed by atoms with Crippen molar-refractivity contribution in [2.75, 3.05) is 13.1 Å². The first-order chi connectivity index (χ1) is 6.74. The van der Waals surface area contributed by atoms with Gasteiger partial charge < -0.3 is 10.6 Å². The Morgan fingerprint density at radius 3 is 3.00 bits per heavy atom. The van der Waals surface area contributed by atoms with Crippen LogP contribution in [0.25, 0.3) is 0 Å². The number of piperidine rings is 1. The lowest BCUT2D eigenvalue weighted by Gasteiger charge is -2.23. The first-order valence-corrected chi connectivity index (χ1v) is 5.42. The fraction of sp³-hybridized carbons (Fsp3) is 0.727. The molecule has 1 saturated heterocycles. The molecule has 3 heteroatoms. The first kappa shape index (κ1) is 11.2. The summed E-state index contributed by atoms with van der Waals surface area (Å²) in [5, 5.41) is 6.31. The molecule has 0 bridgehead atoms. The quantitative estimate of drug-likeness (QED) is 0.666. The second-order valence-electron chi connectivity index (χ2n) is 3.81. The van der Waals surface area contributed by atoms with Gasteiger partial charge in [-0.3, -0.25) is 4.79 Å². The molecular weight excluding hydrogens is 176 g/mol. The van der Waals surface area contributed by atoms with Crippen LogP contribution in [0.4, 0.5) is 0 Å². The van der Waals surface area contributed by atoms with Crippen molar-refractivity contribution < 1.29 is 4.79 Å². The second-order valence-corrected chi connectivity index (χ2v) is 3.81. The van der Waals surface area contributed by atoms with Gasteiger partial charge in [0.2, 0.25) is 5.91 Å². The Labute approximate surface area is 86.0 Å². The van der Waals surface area contributed by atoms with Gasteiger partial charge in [0.15, 0.2) is 0 Å². The molecule has 0 aromatic carbocycles.